The van der Waals surface area contributed by atoms with Crippen LogP contribution in [-0.2, 0) is 4.74 Å². The van der Waals surface area contributed by atoms with Crippen LogP contribution >= 0.6 is 11.6 Å². The molecule has 1 aliphatic heterocycles. The number of nitrogens with two attached hydrogens (primary N) is 1. The SMILES string of the molecule is CC[C@@]1(O)[C@@H](CO)O[C@@H](n2cc(Cl)c3c(N)ncnc32)[C@@H]1O. The Kier molecular flexibility index (Phi) is 3.74. The Hall–Kier alpha value is -1.45. The lowest BCUT2D eigenvalue weighted by Crippen LogP contribution is -2.48. The van der Waals surface area contributed by atoms with Crippen LogP contribution in [-0.4, -0.2) is 54.3 Å². The van der Waals surface area contributed by atoms with Crippen LogP contribution in [0.2, 0.25) is 5.02 Å². The summed E-state index contributed by atoms with van der Waals surface area (Å²) in [6.07, 6.45) is -0.0840. The fourth-order valence-corrected chi connectivity index (χ4v) is 3.20. The van der Waals surface area contributed by atoms with Crippen molar-refractivity contribution in [3.63, 3.8) is 0 Å². The molecule has 2 aromatic heterocycles. The molecule has 0 radical (unpaired) electrons. The zero-order valence-electron chi connectivity index (χ0n) is 11.8. The van der Waals surface area contributed by atoms with Crippen molar-refractivity contribution in [1.29, 1.82) is 0 Å². The summed E-state index contributed by atoms with van der Waals surface area (Å²) in [6.45, 7) is 1.29. The second-order valence-corrected chi connectivity index (χ2v) is 5.74. The molecular weight excluding hydrogens is 312 g/mol. The molecule has 3 heterocycles. The van der Waals surface area contributed by atoms with Gasteiger partial charge in [0, 0.05) is 6.20 Å². The lowest BCUT2D eigenvalue weighted by atomic mass is 9.89. The van der Waals surface area contributed by atoms with Gasteiger partial charge in [-0.3, -0.25) is 0 Å². The Morgan fingerprint density at radius 1 is 1.50 bits per heavy atom. The predicted molar refractivity (Wildman–Crippen MR) is 79.2 cm³/mol. The Morgan fingerprint density at radius 3 is 2.82 bits per heavy atom. The molecule has 0 aliphatic carbocycles. The average molecular weight is 329 g/mol. The molecule has 0 bridgehead atoms. The minimum atomic E-state index is -1.55. The standard InChI is InChI=1S/C13H17ClN4O4/c1-2-13(21)7(4-19)22-12(9(13)20)18-3-6(14)8-10(15)16-5-17-11(8)18/h3,5,7,9,12,19-21H,2,4H2,1H3,(H2,15,16,17)/t7-,9+,12-,13-/m1/s1. The molecule has 22 heavy (non-hydrogen) atoms. The van der Waals surface area contributed by atoms with E-state index in [2.05, 4.69) is 9.97 Å². The first-order chi connectivity index (χ1) is 10.4. The topological polar surface area (TPSA) is 127 Å². The molecule has 0 spiro atoms. The number of nitrogens with zero attached hydrogens (tertiary/aromatic N) is 3. The van der Waals surface area contributed by atoms with Crippen LogP contribution in [0, 0.1) is 0 Å². The van der Waals surface area contributed by atoms with Crippen LogP contribution < -0.4 is 5.73 Å². The number of nitrogen functional groups attached to an aromatic ring is 1. The zero-order chi connectivity index (χ0) is 16.1. The highest BCUT2D eigenvalue weighted by atomic mass is 35.5. The molecule has 0 amide bonds. The fraction of sp³-hybridized carbons (Fsp3) is 0.538. The maximum absolute atomic E-state index is 10.6. The summed E-state index contributed by atoms with van der Waals surface area (Å²) in [5.74, 6) is 0.214. The minimum absolute atomic E-state index is 0.214. The van der Waals surface area contributed by atoms with Crippen LogP contribution in [0.3, 0.4) is 0 Å². The molecule has 5 N–H and O–H groups in total. The van der Waals surface area contributed by atoms with Gasteiger partial charge < -0.3 is 30.4 Å². The maximum Gasteiger partial charge on any atom is 0.164 e. The van der Waals surface area contributed by atoms with E-state index in [4.69, 9.17) is 22.1 Å². The number of rotatable bonds is 3. The molecule has 0 saturated carbocycles. The summed E-state index contributed by atoms with van der Waals surface area (Å²) in [7, 11) is 0. The van der Waals surface area contributed by atoms with E-state index >= 15 is 0 Å². The number of anilines is 1. The Labute approximate surface area is 131 Å². The summed E-state index contributed by atoms with van der Waals surface area (Å²) >= 11 is 6.15. The fourth-order valence-electron chi connectivity index (χ4n) is 2.91. The number of halogens is 1. The summed E-state index contributed by atoms with van der Waals surface area (Å²) < 4.78 is 7.13. The summed E-state index contributed by atoms with van der Waals surface area (Å²) in [4.78, 5) is 8.00. The lowest BCUT2D eigenvalue weighted by molar-refractivity contribution is -0.0944. The van der Waals surface area contributed by atoms with E-state index in [1.165, 1.54) is 17.1 Å². The third kappa shape index (κ3) is 1.99. The van der Waals surface area contributed by atoms with E-state index in [0.29, 0.717) is 16.1 Å². The van der Waals surface area contributed by atoms with E-state index in [0.717, 1.165) is 0 Å². The van der Waals surface area contributed by atoms with Gasteiger partial charge in [-0.15, -0.1) is 0 Å². The Bertz CT molecular complexity index is 709. The highest BCUT2D eigenvalue weighted by Gasteiger charge is 2.54. The van der Waals surface area contributed by atoms with E-state index in [-0.39, 0.29) is 12.2 Å². The normalized spacial score (nSPS) is 32.0. The van der Waals surface area contributed by atoms with Crippen LogP contribution in [0.4, 0.5) is 5.82 Å². The number of aliphatic hydroxyl groups is 3. The van der Waals surface area contributed by atoms with Crippen LogP contribution in [0.5, 0.6) is 0 Å². The molecule has 1 saturated heterocycles. The molecule has 2 aromatic rings. The number of aromatic nitrogens is 3. The number of hydrogen-bond donors (Lipinski definition) is 4. The first-order valence-electron chi connectivity index (χ1n) is 6.87. The summed E-state index contributed by atoms with van der Waals surface area (Å²) in [5, 5.41) is 31.2. The Balaban J connectivity index is 2.11. The number of hydrogen-bond acceptors (Lipinski definition) is 7. The minimum Gasteiger partial charge on any atom is -0.394 e. The third-order valence-corrected chi connectivity index (χ3v) is 4.53. The molecule has 1 aliphatic rings. The second kappa shape index (κ2) is 5.32. The van der Waals surface area contributed by atoms with Gasteiger partial charge in [0.05, 0.1) is 17.0 Å². The van der Waals surface area contributed by atoms with Crippen molar-refractivity contribution >= 4 is 28.5 Å². The van der Waals surface area contributed by atoms with Crippen LogP contribution in [0.25, 0.3) is 11.0 Å². The smallest absolute Gasteiger partial charge is 0.164 e. The largest absolute Gasteiger partial charge is 0.394 e. The first kappa shape index (κ1) is 15.4. The monoisotopic (exact) mass is 328 g/mol. The highest BCUT2D eigenvalue weighted by Crippen LogP contribution is 2.41. The van der Waals surface area contributed by atoms with Crippen molar-refractivity contribution in [3.05, 3.63) is 17.5 Å². The summed E-state index contributed by atoms with van der Waals surface area (Å²) in [6, 6.07) is 0. The van der Waals surface area contributed by atoms with Crippen molar-refractivity contribution in [3.8, 4) is 0 Å². The van der Waals surface area contributed by atoms with Gasteiger partial charge >= 0.3 is 0 Å². The van der Waals surface area contributed by atoms with Crippen molar-refractivity contribution < 1.29 is 20.1 Å². The molecule has 4 atom stereocenters. The average Bonchev–Trinajstić information content (AvgIpc) is 2.97. The zero-order valence-corrected chi connectivity index (χ0v) is 12.6. The predicted octanol–water partition coefficient (Wildman–Crippen LogP) is 0.0586. The van der Waals surface area contributed by atoms with Gasteiger partial charge in [0.25, 0.3) is 0 Å². The van der Waals surface area contributed by atoms with E-state index < -0.39 is 30.6 Å². The molecule has 0 unspecified atom stereocenters. The highest BCUT2D eigenvalue weighted by molar-refractivity contribution is 6.36. The molecule has 3 rings (SSSR count). The van der Waals surface area contributed by atoms with Gasteiger partial charge in [-0.05, 0) is 6.42 Å². The quantitative estimate of drug-likeness (QED) is 0.627. The third-order valence-electron chi connectivity index (χ3n) is 4.24. The number of fused-ring (bicyclic) bond motifs is 1. The van der Waals surface area contributed by atoms with Crippen molar-refractivity contribution in [2.24, 2.45) is 0 Å². The lowest BCUT2D eigenvalue weighted by Gasteiger charge is -2.28. The van der Waals surface area contributed by atoms with Crippen LogP contribution in [0.15, 0.2) is 12.5 Å². The van der Waals surface area contributed by atoms with Gasteiger partial charge in [0.15, 0.2) is 6.23 Å². The molecule has 1 fully saturated rings. The molecule has 120 valence electrons. The van der Waals surface area contributed by atoms with Crippen LogP contribution in [0.1, 0.15) is 19.6 Å². The van der Waals surface area contributed by atoms with Gasteiger partial charge in [-0.25, -0.2) is 9.97 Å². The van der Waals surface area contributed by atoms with Gasteiger partial charge in [-0.2, -0.15) is 0 Å². The molecule has 8 nitrogen and oxygen atoms in total. The van der Waals surface area contributed by atoms with E-state index in [1.807, 2.05) is 0 Å². The maximum atomic E-state index is 10.6. The molecule has 9 heteroatoms. The molecular formula is C13H17ClN4O4. The van der Waals surface area contributed by atoms with Crippen molar-refractivity contribution in [2.75, 3.05) is 12.3 Å². The second-order valence-electron chi connectivity index (χ2n) is 5.33. The summed E-state index contributed by atoms with van der Waals surface area (Å²) in [5.41, 5.74) is 4.63. The first-order valence-corrected chi connectivity index (χ1v) is 7.25. The molecule has 0 aromatic carbocycles. The van der Waals surface area contributed by atoms with Gasteiger partial charge in [-0.1, -0.05) is 18.5 Å². The van der Waals surface area contributed by atoms with Crippen molar-refractivity contribution in [1.82, 2.24) is 14.5 Å². The van der Waals surface area contributed by atoms with Gasteiger partial charge in [0.2, 0.25) is 0 Å². The van der Waals surface area contributed by atoms with E-state index in [9.17, 15) is 15.3 Å². The number of aliphatic hydroxyl groups excluding tert-OH is 2. The Morgan fingerprint density at radius 2 is 2.23 bits per heavy atom. The van der Waals surface area contributed by atoms with Gasteiger partial charge in [0.1, 0.15) is 35.6 Å². The number of ether oxygens (including phenoxy) is 1. The van der Waals surface area contributed by atoms with E-state index in [1.54, 1.807) is 6.92 Å². The van der Waals surface area contributed by atoms with Crippen molar-refractivity contribution in [2.45, 2.75) is 37.4 Å².